The lowest BCUT2D eigenvalue weighted by molar-refractivity contribution is 0.255. The Morgan fingerprint density at radius 2 is 1.80 bits per heavy atom. The van der Waals surface area contributed by atoms with Gasteiger partial charge in [0.1, 0.15) is 5.75 Å². The molecule has 0 unspecified atom stereocenters. The highest BCUT2D eigenvalue weighted by Crippen LogP contribution is 2.47. The van der Waals surface area contributed by atoms with Crippen molar-refractivity contribution in [1.82, 2.24) is 4.98 Å². The van der Waals surface area contributed by atoms with Crippen molar-refractivity contribution in [3.8, 4) is 5.75 Å². The lowest BCUT2D eigenvalue weighted by Gasteiger charge is -2.18. The molecule has 2 aromatic rings. The first-order valence-electron chi connectivity index (χ1n) is 6.45. The molecule has 3 rings (SSSR count). The Labute approximate surface area is 118 Å². The van der Waals surface area contributed by atoms with Crippen molar-refractivity contribution in [2.45, 2.75) is 29.6 Å². The van der Waals surface area contributed by atoms with Crippen LogP contribution in [0.15, 0.2) is 53.6 Å². The first-order valence-corrected chi connectivity index (χ1v) is 7.93. The van der Waals surface area contributed by atoms with Gasteiger partial charge in [-0.15, -0.1) is 0 Å². The summed E-state index contributed by atoms with van der Waals surface area (Å²) in [7, 11) is -3.49. The maximum absolute atomic E-state index is 12.6. The van der Waals surface area contributed by atoms with E-state index in [0.717, 1.165) is 5.69 Å². The van der Waals surface area contributed by atoms with Crippen LogP contribution in [0.2, 0.25) is 0 Å². The summed E-state index contributed by atoms with van der Waals surface area (Å²) in [4.78, 5) is 3.31. The van der Waals surface area contributed by atoms with Gasteiger partial charge in [0.05, 0.1) is 11.1 Å². The van der Waals surface area contributed by atoms with Crippen LogP contribution in [0, 0.1) is 6.92 Å². The van der Waals surface area contributed by atoms with Crippen LogP contribution in [0.3, 0.4) is 0 Å². The largest absolute Gasteiger partial charge is 0.469 e. The van der Waals surface area contributed by atoms with Gasteiger partial charge < -0.3 is 4.74 Å². The van der Waals surface area contributed by atoms with E-state index in [1.165, 1.54) is 0 Å². The zero-order chi connectivity index (χ0) is 14.2. The van der Waals surface area contributed by atoms with E-state index >= 15 is 0 Å². The molecule has 5 heteroatoms. The van der Waals surface area contributed by atoms with Gasteiger partial charge >= 0.3 is 0 Å². The zero-order valence-electron chi connectivity index (χ0n) is 11.1. The molecular formula is C15H15NO3S. The molecule has 1 aromatic heterocycles. The van der Waals surface area contributed by atoms with Gasteiger partial charge in [0.2, 0.25) is 14.8 Å². The number of benzene rings is 1. The van der Waals surface area contributed by atoms with Crippen molar-refractivity contribution in [3.05, 3.63) is 54.4 Å². The van der Waals surface area contributed by atoms with Crippen LogP contribution >= 0.6 is 0 Å². The molecule has 1 aromatic carbocycles. The summed E-state index contributed by atoms with van der Waals surface area (Å²) in [5, 5.41) is 0. The molecule has 0 atom stereocenters. The van der Waals surface area contributed by atoms with Gasteiger partial charge in [-0.3, -0.25) is 4.98 Å². The van der Waals surface area contributed by atoms with Gasteiger partial charge in [-0.25, -0.2) is 8.42 Å². The summed E-state index contributed by atoms with van der Waals surface area (Å²) in [5.41, 5.74) is 0.869. The number of aromatic nitrogens is 1. The standard InChI is InChI=1S/C15H15NO3S/c1-12-7-8-13(11-16-12)19-15(9-10-15)20(17,18)14-5-3-2-4-6-14/h2-8,11H,9-10H2,1H3. The van der Waals surface area contributed by atoms with Gasteiger partial charge in [-0.05, 0) is 31.2 Å². The Balaban J connectivity index is 1.91. The van der Waals surface area contributed by atoms with Gasteiger partial charge in [-0.2, -0.15) is 0 Å². The van der Waals surface area contributed by atoms with Crippen LogP contribution in [-0.2, 0) is 9.84 Å². The van der Waals surface area contributed by atoms with Crippen LogP contribution in [0.5, 0.6) is 5.75 Å². The Kier molecular flexibility index (Phi) is 3.01. The number of aryl methyl sites for hydroxylation is 1. The van der Waals surface area contributed by atoms with Crippen molar-refractivity contribution in [2.24, 2.45) is 0 Å². The summed E-state index contributed by atoms with van der Waals surface area (Å²) < 4.78 is 31.0. The summed E-state index contributed by atoms with van der Waals surface area (Å²) in [6.07, 6.45) is 2.59. The van der Waals surface area contributed by atoms with Crippen molar-refractivity contribution in [2.75, 3.05) is 0 Å². The third-order valence-corrected chi connectivity index (χ3v) is 5.75. The number of rotatable bonds is 4. The first-order chi connectivity index (χ1) is 9.53. The lowest BCUT2D eigenvalue weighted by atomic mass is 10.4. The highest BCUT2D eigenvalue weighted by atomic mass is 32.2. The Hall–Kier alpha value is -1.88. The molecule has 0 saturated heterocycles. The fourth-order valence-corrected chi connectivity index (χ4v) is 3.86. The van der Waals surface area contributed by atoms with E-state index in [9.17, 15) is 8.42 Å². The van der Waals surface area contributed by atoms with E-state index in [4.69, 9.17) is 4.74 Å². The molecule has 0 aliphatic heterocycles. The van der Waals surface area contributed by atoms with E-state index in [0.29, 0.717) is 23.5 Å². The van der Waals surface area contributed by atoms with Gasteiger partial charge in [0, 0.05) is 18.5 Å². The molecule has 1 aliphatic carbocycles. The van der Waals surface area contributed by atoms with Crippen molar-refractivity contribution >= 4 is 9.84 Å². The monoisotopic (exact) mass is 289 g/mol. The predicted octanol–water partition coefficient (Wildman–Crippen LogP) is 2.73. The zero-order valence-corrected chi connectivity index (χ0v) is 11.9. The Morgan fingerprint density at radius 1 is 1.10 bits per heavy atom. The molecular weight excluding hydrogens is 274 g/mol. The van der Waals surface area contributed by atoms with Gasteiger partial charge in [0.15, 0.2) is 0 Å². The third-order valence-electron chi connectivity index (χ3n) is 3.39. The van der Waals surface area contributed by atoms with E-state index < -0.39 is 14.8 Å². The summed E-state index contributed by atoms with van der Waals surface area (Å²) in [5.74, 6) is 0.493. The molecule has 0 bridgehead atoms. The van der Waals surface area contributed by atoms with Crippen LogP contribution in [0.25, 0.3) is 0 Å². The minimum absolute atomic E-state index is 0.303. The summed E-state index contributed by atoms with van der Waals surface area (Å²) >= 11 is 0. The fraction of sp³-hybridized carbons (Fsp3) is 0.267. The second-order valence-electron chi connectivity index (χ2n) is 4.96. The van der Waals surface area contributed by atoms with Crippen molar-refractivity contribution in [1.29, 1.82) is 0 Å². The van der Waals surface area contributed by atoms with Crippen LogP contribution in [0.4, 0.5) is 0 Å². The number of hydrogen-bond acceptors (Lipinski definition) is 4. The quantitative estimate of drug-likeness (QED) is 0.868. The second kappa shape index (κ2) is 4.59. The minimum atomic E-state index is -3.49. The number of pyridine rings is 1. The molecule has 1 saturated carbocycles. The highest BCUT2D eigenvalue weighted by Gasteiger charge is 2.58. The first kappa shape index (κ1) is 13.1. The molecule has 0 spiro atoms. The molecule has 0 radical (unpaired) electrons. The van der Waals surface area contributed by atoms with E-state index in [-0.39, 0.29) is 0 Å². The van der Waals surface area contributed by atoms with E-state index in [1.807, 2.05) is 6.92 Å². The second-order valence-corrected chi connectivity index (χ2v) is 7.19. The average molecular weight is 289 g/mol. The fourth-order valence-electron chi connectivity index (χ4n) is 2.07. The summed E-state index contributed by atoms with van der Waals surface area (Å²) in [6.45, 7) is 1.87. The van der Waals surface area contributed by atoms with Crippen LogP contribution < -0.4 is 4.74 Å². The third kappa shape index (κ3) is 2.18. The van der Waals surface area contributed by atoms with E-state index in [2.05, 4.69) is 4.98 Å². The molecule has 0 N–H and O–H groups in total. The molecule has 1 heterocycles. The Morgan fingerprint density at radius 3 is 2.35 bits per heavy atom. The summed E-state index contributed by atoms with van der Waals surface area (Å²) in [6, 6.07) is 12.0. The highest BCUT2D eigenvalue weighted by molar-refractivity contribution is 7.93. The Bertz CT molecular complexity index is 705. The van der Waals surface area contributed by atoms with Crippen molar-refractivity contribution in [3.63, 3.8) is 0 Å². The normalized spacial score (nSPS) is 16.6. The smallest absolute Gasteiger partial charge is 0.218 e. The molecule has 1 aliphatic rings. The van der Waals surface area contributed by atoms with Crippen LogP contribution in [0.1, 0.15) is 18.5 Å². The molecule has 1 fully saturated rings. The predicted molar refractivity (Wildman–Crippen MR) is 75.2 cm³/mol. The van der Waals surface area contributed by atoms with E-state index in [1.54, 1.807) is 48.7 Å². The topological polar surface area (TPSA) is 56.3 Å². The molecule has 20 heavy (non-hydrogen) atoms. The number of sulfone groups is 1. The molecule has 104 valence electrons. The maximum Gasteiger partial charge on any atom is 0.218 e. The lowest BCUT2D eigenvalue weighted by Crippen LogP contribution is -2.29. The van der Waals surface area contributed by atoms with Crippen LogP contribution in [-0.4, -0.2) is 18.3 Å². The molecule has 4 nitrogen and oxygen atoms in total. The number of nitrogens with zero attached hydrogens (tertiary/aromatic N) is 1. The average Bonchev–Trinajstić information content (AvgIpc) is 3.24. The maximum atomic E-state index is 12.6. The molecule has 0 amide bonds. The van der Waals surface area contributed by atoms with Gasteiger partial charge in [0.25, 0.3) is 0 Å². The number of ether oxygens (including phenoxy) is 1. The van der Waals surface area contributed by atoms with Gasteiger partial charge in [-0.1, -0.05) is 18.2 Å². The minimum Gasteiger partial charge on any atom is -0.469 e. The van der Waals surface area contributed by atoms with Crippen molar-refractivity contribution < 1.29 is 13.2 Å². The SMILES string of the molecule is Cc1ccc(OC2(S(=O)(=O)c3ccccc3)CC2)cn1. The number of hydrogen-bond donors (Lipinski definition) is 0.